The van der Waals surface area contributed by atoms with Crippen molar-refractivity contribution in [1.82, 2.24) is 9.78 Å². The second-order valence-electron chi connectivity index (χ2n) is 6.73. The van der Waals surface area contributed by atoms with Gasteiger partial charge in [0.2, 0.25) is 0 Å². The summed E-state index contributed by atoms with van der Waals surface area (Å²) in [5.41, 5.74) is 6.50. The first-order valence-electron chi connectivity index (χ1n) is 7.31. The number of ether oxygens (including phenoxy) is 2. The minimum Gasteiger partial charge on any atom is -0.454 e. The number of nitrogens with two attached hydrogens (primary N) is 1. The van der Waals surface area contributed by atoms with E-state index in [0.29, 0.717) is 30.0 Å². The van der Waals surface area contributed by atoms with Gasteiger partial charge in [-0.15, -0.1) is 0 Å². The molecule has 21 heavy (non-hydrogen) atoms. The molecule has 118 valence electrons. The van der Waals surface area contributed by atoms with Crippen molar-refractivity contribution in [3.63, 3.8) is 0 Å². The van der Waals surface area contributed by atoms with Crippen molar-refractivity contribution in [2.45, 2.75) is 71.8 Å². The molecule has 1 saturated heterocycles. The number of anilines is 1. The van der Waals surface area contributed by atoms with Gasteiger partial charge in [0.15, 0.2) is 5.69 Å². The molecule has 2 rings (SSSR count). The third-order valence-electron chi connectivity index (χ3n) is 3.91. The third kappa shape index (κ3) is 2.90. The van der Waals surface area contributed by atoms with Crippen molar-refractivity contribution < 1.29 is 14.3 Å². The molecular weight excluding hydrogens is 270 g/mol. The van der Waals surface area contributed by atoms with Gasteiger partial charge in [0.1, 0.15) is 11.7 Å². The number of esters is 1. The van der Waals surface area contributed by atoms with Gasteiger partial charge in [-0.1, -0.05) is 0 Å². The fraction of sp³-hybridized carbons (Fsp3) is 0.733. The van der Waals surface area contributed by atoms with Crippen molar-refractivity contribution in [1.29, 1.82) is 0 Å². The van der Waals surface area contributed by atoms with Crippen LogP contribution in [0.5, 0.6) is 0 Å². The number of aromatic nitrogens is 2. The average Bonchev–Trinajstić information content (AvgIpc) is 2.73. The van der Waals surface area contributed by atoms with E-state index in [-0.39, 0.29) is 11.7 Å². The molecule has 6 nitrogen and oxygen atoms in total. The van der Waals surface area contributed by atoms with Crippen LogP contribution in [-0.4, -0.2) is 33.1 Å². The second-order valence-corrected chi connectivity index (χ2v) is 6.73. The number of rotatable bonds is 3. The number of carbonyl (C=O) groups excluding carboxylic acids is 1. The van der Waals surface area contributed by atoms with Crippen LogP contribution in [0.2, 0.25) is 0 Å². The highest BCUT2D eigenvalue weighted by molar-refractivity contribution is 5.94. The third-order valence-corrected chi connectivity index (χ3v) is 3.91. The molecule has 2 N–H and O–H groups in total. The monoisotopic (exact) mass is 295 g/mol. The molecule has 0 aromatic carbocycles. The molecule has 6 heteroatoms. The first-order valence-corrected chi connectivity index (χ1v) is 7.31. The van der Waals surface area contributed by atoms with Crippen LogP contribution in [0, 0.1) is 6.92 Å². The van der Waals surface area contributed by atoms with E-state index < -0.39 is 11.6 Å². The highest BCUT2D eigenvalue weighted by Gasteiger charge is 2.48. The van der Waals surface area contributed by atoms with Gasteiger partial charge in [0, 0.05) is 13.0 Å². The van der Waals surface area contributed by atoms with Crippen molar-refractivity contribution in [2.75, 3.05) is 5.73 Å². The number of hydrogen-bond donors (Lipinski definition) is 1. The van der Waals surface area contributed by atoms with Crippen molar-refractivity contribution in [3.8, 4) is 0 Å². The molecule has 1 unspecified atom stereocenters. The summed E-state index contributed by atoms with van der Waals surface area (Å²) in [6, 6.07) is 0. The van der Waals surface area contributed by atoms with Gasteiger partial charge in [-0.3, -0.25) is 4.68 Å². The lowest BCUT2D eigenvalue weighted by Gasteiger charge is -2.26. The second kappa shape index (κ2) is 5.02. The number of aryl methyl sites for hydroxylation is 2. The smallest absolute Gasteiger partial charge is 0.359 e. The van der Waals surface area contributed by atoms with Crippen LogP contribution in [0.3, 0.4) is 0 Å². The molecular formula is C15H25N3O3. The molecule has 0 saturated carbocycles. The summed E-state index contributed by atoms with van der Waals surface area (Å²) in [7, 11) is 0. The van der Waals surface area contributed by atoms with Crippen molar-refractivity contribution in [2.24, 2.45) is 0 Å². The Labute approximate surface area is 125 Å². The topological polar surface area (TPSA) is 79.4 Å². The van der Waals surface area contributed by atoms with E-state index in [2.05, 4.69) is 5.10 Å². The van der Waals surface area contributed by atoms with Crippen molar-refractivity contribution in [3.05, 3.63) is 11.4 Å². The Balaban J connectivity index is 2.23. The summed E-state index contributed by atoms with van der Waals surface area (Å²) in [6.45, 7) is 12.1. The Morgan fingerprint density at radius 2 is 2.10 bits per heavy atom. The number of carbonyl (C=O) groups is 1. The zero-order chi connectivity index (χ0) is 16.0. The lowest BCUT2D eigenvalue weighted by atomic mass is 9.97. The van der Waals surface area contributed by atoms with E-state index in [9.17, 15) is 4.79 Å². The largest absolute Gasteiger partial charge is 0.454 e. The van der Waals surface area contributed by atoms with E-state index in [1.54, 1.807) is 11.6 Å². The first-order chi connectivity index (χ1) is 9.57. The van der Waals surface area contributed by atoms with Crippen LogP contribution in [0.1, 0.15) is 57.2 Å². The Kier molecular flexibility index (Phi) is 3.78. The number of nitrogens with zero attached hydrogens (tertiary/aromatic N) is 2. The summed E-state index contributed by atoms with van der Waals surface area (Å²) in [5, 5.41) is 4.25. The van der Waals surface area contributed by atoms with Gasteiger partial charge >= 0.3 is 5.97 Å². The maximum Gasteiger partial charge on any atom is 0.359 e. The number of hydrogen-bond acceptors (Lipinski definition) is 5. The van der Waals surface area contributed by atoms with Crippen LogP contribution < -0.4 is 5.73 Å². The fourth-order valence-electron chi connectivity index (χ4n) is 2.92. The molecule has 0 amide bonds. The normalized spacial score (nSPS) is 23.2. The van der Waals surface area contributed by atoms with Gasteiger partial charge in [-0.05, 0) is 41.5 Å². The van der Waals surface area contributed by atoms with Gasteiger partial charge in [0.25, 0.3) is 0 Å². The number of nitrogen functional groups attached to an aromatic ring is 1. The first kappa shape index (κ1) is 15.8. The highest BCUT2D eigenvalue weighted by Crippen LogP contribution is 2.39. The van der Waals surface area contributed by atoms with E-state index in [1.165, 1.54) is 0 Å². The van der Waals surface area contributed by atoms with Crippen LogP contribution in [0.15, 0.2) is 0 Å². The van der Waals surface area contributed by atoms with Crippen LogP contribution in [0.25, 0.3) is 0 Å². The summed E-state index contributed by atoms with van der Waals surface area (Å²) in [4.78, 5) is 12.5. The summed E-state index contributed by atoms with van der Waals surface area (Å²) < 4.78 is 13.2. The minimum absolute atomic E-state index is 0.305. The quantitative estimate of drug-likeness (QED) is 0.865. The standard InChI is InChI=1S/C15H25N3O3/c1-7-18-12(11(16)9(2)17-18)13(19)20-10-8-14(3,4)21-15(10,5)6/h10H,7-8,16H2,1-6H3. The van der Waals surface area contributed by atoms with E-state index in [4.69, 9.17) is 15.2 Å². The Morgan fingerprint density at radius 3 is 2.57 bits per heavy atom. The molecule has 0 bridgehead atoms. The molecule has 1 aliphatic heterocycles. The van der Waals surface area contributed by atoms with E-state index in [0.717, 1.165) is 0 Å². The van der Waals surface area contributed by atoms with Crippen LogP contribution in [-0.2, 0) is 16.0 Å². The molecule has 1 aliphatic rings. The zero-order valence-electron chi connectivity index (χ0n) is 13.7. The fourth-order valence-corrected chi connectivity index (χ4v) is 2.92. The zero-order valence-corrected chi connectivity index (χ0v) is 13.7. The maximum absolute atomic E-state index is 12.5. The highest BCUT2D eigenvalue weighted by atomic mass is 16.6. The van der Waals surface area contributed by atoms with Crippen molar-refractivity contribution >= 4 is 11.7 Å². The predicted molar refractivity (Wildman–Crippen MR) is 80.1 cm³/mol. The molecule has 0 spiro atoms. The molecule has 0 aliphatic carbocycles. The predicted octanol–water partition coefficient (Wildman–Crippen LogP) is 2.30. The Morgan fingerprint density at radius 1 is 1.48 bits per heavy atom. The molecule has 1 aromatic heterocycles. The summed E-state index contributed by atoms with van der Waals surface area (Å²) in [5.74, 6) is -0.436. The van der Waals surface area contributed by atoms with Crippen LogP contribution >= 0.6 is 0 Å². The average molecular weight is 295 g/mol. The lowest BCUT2D eigenvalue weighted by molar-refractivity contribution is -0.0926. The maximum atomic E-state index is 12.5. The SMILES string of the molecule is CCn1nc(C)c(N)c1C(=O)OC1CC(C)(C)OC1(C)C. The Hall–Kier alpha value is -1.56. The van der Waals surface area contributed by atoms with Gasteiger partial charge < -0.3 is 15.2 Å². The minimum atomic E-state index is -0.514. The summed E-state index contributed by atoms with van der Waals surface area (Å²) >= 11 is 0. The van der Waals surface area contributed by atoms with E-state index >= 15 is 0 Å². The van der Waals surface area contributed by atoms with E-state index in [1.807, 2.05) is 34.6 Å². The lowest BCUT2D eigenvalue weighted by Crippen LogP contribution is -2.36. The van der Waals surface area contributed by atoms with Crippen LogP contribution in [0.4, 0.5) is 5.69 Å². The van der Waals surface area contributed by atoms with Gasteiger partial charge in [0.05, 0.1) is 17.0 Å². The molecule has 0 radical (unpaired) electrons. The summed E-state index contributed by atoms with van der Waals surface area (Å²) in [6.07, 6.45) is 0.352. The molecule has 1 aromatic rings. The molecule has 1 atom stereocenters. The molecule has 1 fully saturated rings. The van der Waals surface area contributed by atoms with Gasteiger partial charge in [-0.2, -0.15) is 5.10 Å². The Bertz CT molecular complexity index is 561. The van der Waals surface area contributed by atoms with Gasteiger partial charge in [-0.25, -0.2) is 4.79 Å². The molecule has 2 heterocycles.